The number of hydrogen-bond donors (Lipinski definition) is 0. The molecule has 0 heterocycles. The van der Waals surface area contributed by atoms with Gasteiger partial charge in [0.15, 0.2) is 0 Å². The summed E-state index contributed by atoms with van der Waals surface area (Å²) in [5.74, 6) is 0. The van der Waals surface area contributed by atoms with E-state index in [9.17, 15) is 0 Å². The van der Waals surface area contributed by atoms with Crippen LogP contribution in [0.4, 0.5) is 0 Å². The molecule has 0 N–H and O–H groups in total. The van der Waals surface area contributed by atoms with E-state index in [2.05, 4.69) is 0 Å². The van der Waals surface area contributed by atoms with Crippen molar-refractivity contribution in [3.8, 4) is 0 Å². The van der Waals surface area contributed by atoms with Crippen LogP contribution in [0, 0.1) is 0 Å². The molecule has 0 spiro atoms. The van der Waals surface area contributed by atoms with Gasteiger partial charge in [-0.2, -0.15) is 0 Å². The minimum absolute atomic E-state index is 0.715. The normalized spacial score (nSPS) is 13.9. The van der Waals surface area contributed by atoms with Crippen molar-refractivity contribution in [2.24, 2.45) is 0 Å². The number of rotatable bonds is 2. The fourth-order valence-electron chi connectivity index (χ4n) is 0.0420. The molecule has 0 fully saturated rings. The molecule has 0 saturated carbocycles. The van der Waals surface area contributed by atoms with Gasteiger partial charge in [0, 0.05) is 0 Å². The van der Waals surface area contributed by atoms with Crippen LogP contribution in [0.25, 0.3) is 0 Å². The second-order valence-electron chi connectivity index (χ2n) is 0.786. The van der Waals surface area contributed by atoms with Gasteiger partial charge in [-0.05, 0) is 0 Å². The van der Waals surface area contributed by atoms with Gasteiger partial charge in [0.1, 0.15) is 0 Å². The third kappa shape index (κ3) is 3.97. The van der Waals surface area contributed by atoms with Gasteiger partial charge in [0.25, 0.3) is 0 Å². The Balaban J connectivity index is 4.87. The van der Waals surface area contributed by atoms with Crippen molar-refractivity contribution in [2.75, 3.05) is 0 Å². The Bertz CT molecular complexity index is 228. The van der Waals surface area contributed by atoms with Gasteiger partial charge in [-0.1, -0.05) is 0 Å². The van der Waals surface area contributed by atoms with E-state index < -0.39 is 26.1 Å². The van der Waals surface area contributed by atoms with Crippen molar-refractivity contribution < 1.29 is 0 Å². The molecule has 0 aliphatic carbocycles. The van der Waals surface area contributed by atoms with E-state index >= 15 is 0 Å². The third-order valence-corrected chi connectivity index (χ3v) is 46.3. The molecule has 0 unspecified atom stereocenters. The molecular weight excluding hydrogens is 383 g/mol. The predicted molar refractivity (Wildman–Crippen MR) is 72.9 cm³/mol. The zero-order valence-electron chi connectivity index (χ0n) is 3.64. The van der Waals surface area contributed by atoms with E-state index in [1.54, 1.807) is 0 Å². The van der Waals surface area contributed by atoms with Gasteiger partial charge in [-0.3, -0.25) is 0 Å². The summed E-state index contributed by atoms with van der Waals surface area (Å²) in [6, 6.07) is 0. The topological polar surface area (TPSA) is 0 Å². The van der Waals surface area contributed by atoms with Crippen LogP contribution in [0.2, 0.25) is 0 Å². The molecule has 0 bridgehead atoms. The quantitative estimate of drug-likeness (QED) is 0.298. The molecule has 0 nitrogen and oxygen atoms in total. The Morgan fingerprint density at radius 1 is 1.22 bits per heavy atom. The van der Waals surface area contributed by atoms with E-state index in [4.69, 9.17) is 64.4 Å². The summed E-state index contributed by atoms with van der Waals surface area (Å²) in [5, 5.41) is 0. The molecule has 9 heavy (non-hydrogen) atoms. The molecular formula is IS8-3. The molecule has 0 aliphatic heterocycles. The molecule has 0 aromatic heterocycles. The van der Waals surface area contributed by atoms with Gasteiger partial charge in [-0.25, -0.2) is 0 Å². The maximum atomic E-state index is 4.95. The van der Waals surface area contributed by atoms with Crippen LogP contribution in [0.5, 0.6) is 0 Å². The zero-order chi connectivity index (χ0) is 7.65. The van der Waals surface area contributed by atoms with Crippen LogP contribution in [0.3, 0.4) is 0 Å². The summed E-state index contributed by atoms with van der Waals surface area (Å²) in [4.78, 5) is 0. The van der Waals surface area contributed by atoms with Crippen molar-refractivity contribution in [2.45, 2.75) is 0 Å². The van der Waals surface area contributed by atoms with Crippen molar-refractivity contribution in [1.82, 2.24) is 0 Å². The predicted octanol–water partition coefficient (Wildman–Crippen LogP) is 0.867. The van der Waals surface area contributed by atoms with Crippen molar-refractivity contribution in [1.29, 1.82) is 0 Å². The van der Waals surface area contributed by atoms with Crippen molar-refractivity contribution in [3.63, 3.8) is 0 Å². The van der Waals surface area contributed by atoms with E-state index in [1.807, 2.05) is 0 Å². The molecule has 0 rings (SSSR count). The summed E-state index contributed by atoms with van der Waals surface area (Å²) in [5.41, 5.74) is 0. The monoisotopic (exact) mass is 383 g/mol. The molecule has 0 aromatic rings. The van der Waals surface area contributed by atoms with Crippen LogP contribution in [0.15, 0.2) is 0 Å². The maximum absolute atomic E-state index is 4.95. The first-order chi connectivity index (χ1) is 3.89. The Labute approximate surface area is 88.5 Å². The molecule has 0 radical (unpaired) electrons. The Morgan fingerprint density at radius 3 is 1.56 bits per heavy atom. The standard InChI is InChI=1S/IS8/c2-1(3)9(6,7)8(4)5/q-3. The van der Waals surface area contributed by atoms with E-state index in [0.717, 1.165) is 0 Å². The van der Waals surface area contributed by atoms with Crippen molar-refractivity contribution >= 4 is 90.4 Å². The summed E-state index contributed by atoms with van der Waals surface area (Å²) in [7, 11) is 9.01. The van der Waals surface area contributed by atoms with Crippen LogP contribution < -0.4 is 0 Å². The van der Waals surface area contributed by atoms with Crippen LogP contribution >= 0.6 is 15.7 Å². The zero-order valence-corrected chi connectivity index (χ0v) is 12.3. The summed E-state index contributed by atoms with van der Waals surface area (Å²) < 4.78 is -1.70. The second-order valence-corrected chi connectivity index (χ2v) is 33.8. The van der Waals surface area contributed by atoms with Crippen LogP contribution in [0.1, 0.15) is 0 Å². The van der Waals surface area contributed by atoms with Gasteiger partial charge < -0.3 is 0 Å². The first-order valence-electron chi connectivity index (χ1n) is 1.30. The van der Waals surface area contributed by atoms with Crippen LogP contribution in [-0.2, 0) is 74.7 Å². The minimum atomic E-state index is -1.91. The summed E-state index contributed by atoms with van der Waals surface area (Å²) >= 11 is 17.5. The molecule has 9 heteroatoms. The number of halogens is 1. The Kier molecular flexibility index (Phi) is 6.53. The molecule has 0 aliphatic rings. The van der Waals surface area contributed by atoms with E-state index in [1.165, 1.54) is 0 Å². The molecule has 0 amide bonds. The fraction of sp³-hybridized carbons (Fsp3) is 0. The Hall–Kier alpha value is 3.01. The summed E-state index contributed by atoms with van der Waals surface area (Å²) in [6.45, 7) is 0. The van der Waals surface area contributed by atoms with E-state index in [-0.39, 0.29) is 0 Å². The van der Waals surface area contributed by atoms with E-state index in [0.29, 0.717) is 0 Å². The molecule has 58 valence electrons. The number of hydrogen-bond acceptors (Lipinski definition) is 7. The van der Waals surface area contributed by atoms with Gasteiger partial charge in [0.05, 0.1) is 0 Å². The average molecular weight is 383 g/mol. The fourth-order valence-corrected chi connectivity index (χ4v) is 22.8. The first-order valence-corrected chi connectivity index (χ1v) is 16.8. The molecule has 0 atom stereocenters. The second kappa shape index (κ2) is 4.90. The Morgan fingerprint density at radius 2 is 1.56 bits per heavy atom. The van der Waals surface area contributed by atoms with Crippen LogP contribution in [-0.4, -0.2) is 0 Å². The average Bonchev–Trinajstić information content (AvgIpc) is 1.65. The van der Waals surface area contributed by atoms with Crippen molar-refractivity contribution in [3.05, 3.63) is 0 Å². The van der Waals surface area contributed by atoms with Gasteiger partial charge in [-0.15, -0.1) is 0 Å². The SMILES string of the molecule is S=[S-](=S)S(=S)(=S)I([S-])[S-]. The molecule has 0 saturated heterocycles. The molecule has 0 aromatic carbocycles. The summed E-state index contributed by atoms with van der Waals surface area (Å²) in [6.07, 6.45) is 0. The first kappa shape index (κ1) is 12.0. The van der Waals surface area contributed by atoms with Gasteiger partial charge >= 0.3 is 90.4 Å². The van der Waals surface area contributed by atoms with Gasteiger partial charge in [0.2, 0.25) is 0 Å². The third-order valence-electron chi connectivity index (χ3n) is 0.317.